The number of aryl methyl sites for hydroxylation is 2. The molecule has 0 radical (unpaired) electrons. The molecule has 0 saturated carbocycles. The van der Waals surface area contributed by atoms with Gasteiger partial charge in [0.15, 0.2) is 0 Å². The Morgan fingerprint density at radius 1 is 1.11 bits per heavy atom. The molecule has 1 unspecified atom stereocenters. The molecule has 2 saturated heterocycles. The number of cyclic esters (lactones) is 1. The van der Waals surface area contributed by atoms with Crippen LogP contribution in [0.25, 0.3) is 0 Å². The lowest BCUT2D eigenvalue weighted by atomic mass is 9.78. The van der Waals surface area contributed by atoms with Crippen molar-refractivity contribution in [3.8, 4) is 0 Å². The van der Waals surface area contributed by atoms with Gasteiger partial charge in [-0.15, -0.1) is 11.8 Å². The first-order valence-electron chi connectivity index (χ1n) is 13.4. The topological polar surface area (TPSA) is 87.2 Å². The summed E-state index contributed by atoms with van der Waals surface area (Å²) < 4.78 is 4.79. The van der Waals surface area contributed by atoms with Gasteiger partial charge in [-0.1, -0.05) is 36.4 Å². The van der Waals surface area contributed by atoms with Gasteiger partial charge in [0.05, 0.1) is 23.2 Å². The molecule has 198 valence electrons. The molecular weight excluding hydrogens is 488 g/mol. The molecule has 4 aliphatic rings. The van der Waals surface area contributed by atoms with Crippen LogP contribution in [-0.4, -0.2) is 70.1 Å². The Morgan fingerprint density at radius 2 is 1.95 bits per heavy atom. The predicted molar refractivity (Wildman–Crippen MR) is 144 cm³/mol. The van der Waals surface area contributed by atoms with E-state index in [0.717, 1.165) is 36.1 Å². The molecule has 1 aromatic carbocycles. The lowest BCUT2D eigenvalue weighted by Gasteiger charge is -2.35. The number of aliphatic hydroxyl groups is 1. The standard InChI is InChI=1S/C29H36N2O5S/c1-19-11-12-20(2)21(18-19)30-15-9-13-29-24(23-22(37-29)10-5-3-8-17-36-28(23)35)26(33)31(25(29)27(30)34)14-6-4-7-16-32/h5,9-13,18,22-25,32H,3-4,6-8,14-17H2,1-2H3/b10-5-/t22-,23+,24-,25?,29-/m0/s1. The number of hydrogen-bond donors (Lipinski definition) is 1. The van der Waals surface area contributed by atoms with Gasteiger partial charge in [-0.05, 0) is 63.1 Å². The van der Waals surface area contributed by atoms with E-state index < -0.39 is 22.6 Å². The maximum Gasteiger partial charge on any atom is 0.311 e. The number of carbonyl (C=O) groups is 3. The minimum atomic E-state index is -0.838. The molecule has 5 rings (SSSR count). The number of aliphatic hydroxyl groups excluding tert-OH is 1. The average Bonchev–Trinajstić information content (AvgIpc) is 3.28. The lowest BCUT2D eigenvalue weighted by Crippen LogP contribution is -2.53. The number of ether oxygens (including phenoxy) is 1. The van der Waals surface area contributed by atoms with Crippen molar-refractivity contribution < 1.29 is 24.2 Å². The van der Waals surface area contributed by atoms with Crippen LogP contribution in [0.15, 0.2) is 42.5 Å². The molecule has 4 heterocycles. The van der Waals surface area contributed by atoms with Crippen molar-refractivity contribution in [3.63, 3.8) is 0 Å². The van der Waals surface area contributed by atoms with Crippen molar-refractivity contribution in [1.82, 2.24) is 4.90 Å². The zero-order valence-electron chi connectivity index (χ0n) is 21.6. The van der Waals surface area contributed by atoms with Gasteiger partial charge in [0, 0.05) is 30.6 Å². The van der Waals surface area contributed by atoms with Gasteiger partial charge in [0.25, 0.3) is 5.91 Å². The van der Waals surface area contributed by atoms with Gasteiger partial charge in [-0.2, -0.15) is 0 Å². The van der Waals surface area contributed by atoms with Gasteiger partial charge in [0.1, 0.15) is 6.04 Å². The third-order valence-electron chi connectivity index (χ3n) is 8.06. The monoisotopic (exact) mass is 524 g/mol. The van der Waals surface area contributed by atoms with E-state index in [1.54, 1.807) is 21.6 Å². The van der Waals surface area contributed by atoms with E-state index in [0.29, 0.717) is 32.5 Å². The maximum atomic E-state index is 14.5. The largest absolute Gasteiger partial charge is 0.465 e. The van der Waals surface area contributed by atoms with Crippen molar-refractivity contribution in [2.75, 3.05) is 31.2 Å². The van der Waals surface area contributed by atoms with Crippen LogP contribution in [0.1, 0.15) is 43.2 Å². The van der Waals surface area contributed by atoms with Crippen molar-refractivity contribution in [1.29, 1.82) is 0 Å². The Balaban J connectivity index is 1.58. The molecule has 7 nitrogen and oxygen atoms in total. The van der Waals surface area contributed by atoms with E-state index in [1.807, 2.05) is 44.2 Å². The zero-order valence-corrected chi connectivity index (χ0v) is 22.4. The fourth-order valence-corrected chi connectivity index (χ4v) is 8.29. The Morgan fingerprint density at radius 3 is 2.76 bits per heavy atom. The molecular formula is C29H36N2O5S. The minimum absolute atomic E-state index is 0.101. The maximum absolute atomic E-state index is 14.5. The first kappa shape index (κ1) is 26.0. The summed E-state index contributed by atoms with van der Waals surface area (Å²) in [5.74, 6) is -1.86. The molecule has 2 fully saturated rings. The normalized spacial score (nSPS) is 32.1. The third kappa shape index (κ3) is 4.52. The smallest absolute Gasteiger partial charge is 0.311 e. The number of fused-ring (bicyclic) bond motifs is 2. The number of benzene rings is 1. The van der Waals surface area contributed by atoms with E-state index in [1.165, 1.54) is 0 Å². The second-order valence-corrected chi connectivity index (χ2v) is 12.0. The minimum Gasteiger partial charge on any atom is -0.465 e. The van der Waals surface area contributed by atoms with Gasteiger partial charge in [-0.3, -0.25) is 14.4 Å². The predicted octanol–water partition coefficient (Wildman–Crippen LogP) is 3.56. The number of amides is 2. The van der Waals surface area contributed by atoms with E-state index in [9.17, 15) is 19.5 Å². The highest BCUT2D eigenvalue weighted by atomic mass is 32.2. The van der Waals surface area contributed by atoms with Crippen molar-refractivity contribution >= 4 is 35.2 Å². The number of rotatable bonds is 6. The second-order valence-electron chi connectivity index (χ2n) is 10.5. The van der Waals surface area contributed by atoms with Gasteiger partial charge >= 0.3 is 5.97 Å². The highest BCUT2D eigenvalue weighted by Crippen LogP contribution is 2.61. The molecule has 8 heteroatoms. The van der Waals surface area contributed by atoms with E-state index in [2.05, 4.69) is 12.2 Å². The van der Waals surface area contributed by atoms with E-state index in [4.69, 9.17) is 4.74 Å². The number of nitrogens with zero attached hydrogens (tertiary/aromatic N) is 2. The first-order valence-corrected chi connectivity index (χ1v) is 14.3. The molecule has 0 aliphatic carbocycles. The van der Waals surface area contributed by atoms with Crippen molar-refractivity contribution in [3.05, 3.63) is 53.6 Å². The van der Waals surface area contributed by atoms with Crippen molar-refractivity contribution in [2.24, 2.45) is 11.8 Å². The van der Waals surface area contributed by atoms with E-state index >= 15 is 0 Å². The highest BCUT2D eigenvalue weighted by molar-refractivity contribution is 8.02. The third-order valence-corrected chi connectivity index (χ3v) is 9.81. The Kier molecular flexibility index (Phi) is 7.50. The summed E-state index contributed by atoms with van der Waals surface area (Å²) in [4.78, 5) is 45.4. The summed E-state index contributed by atoms with van der Waals surface area (Å²) in [6.45, 7) is 5.28. The Labute approximate surface area is 222 Å². The van der Waals surface area contributed by atoms with Gasteiger partial charge in [-0.25, -0.2) is 0 Å². The summed E-state index contributed by atoms with van der Waals surface area (Å²) in [5.41, 5.74) is 2.92. The molecule has 1 N–H and O–H groups in total. The molecule has 1 aromatic rings. The Hall–Kier alpha value is -2.58. The summed E-state index contributed by atoms with van der Waals surface area (Å²) in [6.07, 6.45) is 11.9. The SMILES string of the molecule is Cc1ccc(C)c(N2CC=C[C@]34S[C@H]5/C=C\CCCOC(=O)[C@H]5[C@H]3C(=O)N(CCCCCO)C4C2=O)c1. The Bertz CT molecular complexity index is 1130. The summed E-state index contributed by atoms with van der Waals surface area (Å²) in [6, 6.07) is 5.37. The van der Waals surface area contributed by atoms with Crippen LogP contribution >= 0.6 is 11.8 Å². The molecule has 5 atom stereocenters. The van der Waals surface area contributed by atoms with Crippen LogP contribution in [0, 0.1) is 25.7 Å². The summed E-state index contributed by atoms with van der Waals surface area (Å²) in [7, 11) is 0. The van der Waals surface area contributed by atoms with Crippen LogP contribution in [0.5, 0.6) is 0 Å². The van der Waals surface area contributed by atoms with Crippen molar-refractivity contribution in [2.45, 2.75) is 62.0 Å². The fourth-order valence-electron chi connectivity index (χ4n) is 6.29. The number of allylic oxidation sites excluding steroid dienone is 1. The molecule has 4 aliphatic heterocycles. The van der Waals surface area contributed by atoms with Gasteiger partial charge in [0.2, 0.25) is 5.91 Å². The highest BCUT2D eigenvalue weighted by Gasteiger charge is 2.70. The van der Waals surface area contributed by atoms with Crippen LogP contribution in [0.3, 0.4) is 0 Å². The second kappa shape index (κ2) is 10.7. The molecule has 0 bridgehead atoms. The van der Waals surface area contributed by atoms with Crippen LogP contribution in [0.4, 0.5) is 5.69 Å². The fraction of sp³-hybridized carbons (Fsp3) is 0.552. The quantitative estimate of drug-likeness (QED) is 0.348. The van der Waals surface area contributed by atoms with Crippen LogP contribution in [-0.2, 0) is 19.1 Å². The number of thioether (sulfide) groups is 1. The lowest BCUT2D eigenvalue weighted by molar-refractivity contribution is -0.153. The number of anilines is 1. The average molecular weight is 525 g/mol. The van der Waals surface area contributed by atoms with E-state index in [-0.39, 0.29) is 29.6 Å². The molecule has 1 spiro atoms. The number of likely N-dealkylation sites (tertiary alicyclic amines) is 1. The summed E-state index contributed by atoms with van der Waals surface area (Å²) >= 11 is 1.58. The first-order chi connectivity index (χ1) is 17.9. The van der Waals surface area contributed by atoms with Crippen LogP contribution in [0.2, 0.25) is 0 Å². The van der Waals surface area contributed by atoms with Gasteiger partial charge < -0.3 is 19.6 Å². The molecule has 37 heavy (non-hydrogen) atoms. The number of unbranched alkanes of at least 4 members (excludes halogenated alkanes) is 2. The number of hydrogen-bond acceptors (Lipinski definition) is 6. The summed E-state index contributed by atoms with van der Waals surface area (Å²) in [5, 5.41) is 9.02. The number of esters is 1. The molecule has 0 aromatic heterocycles. The van der Waals surface area contributed by atoms with Crippen LogP contribution < -0.4 is 4.90 Å². The zero-order chi connectivity index (χ0) is 26.2. The molecule has 2 amide bonds. The number of carbonyl (C=O) groups excluding carboxylic acids is 3.